The molecule has 0 atom stereocenters. The molecule has 0 amide bonds. The van der Waals surface area contributed by atoms with Gasteiger partial charge in [-0.05, 0) is 48.3 Å². The third-order valence-corrected chi connectivity index (χ3v) is 6.21. The summed E-state index contributed by atoms with van der Waals surface area (Å²) in [6, 6.07) is 8.23. The van der Waals surface area contributed by atoms with Gasteiger partial charge in [-0.2, -0.15) is 0 Å². The van der Waals surface area contributed by atoms with E-state index in [0.29, 0.717) is 5.41 Å². The van der Waals surface area contributed by atoms with Crippen LogP contribution < -0.4 is 5.32 Å². The number of nitrogens with zero attached hydrogens (tertiary/aromatic N) is 2. The molecule has 2 aromatic heterocycles. The molecule has 128 valence electrons. The molecule has 0 aromatic carbocycles. The summed E-state index contributed by atoms with van der Waals surface area (Å²) in [4.78, 5) is 8.69. The van der Waals surface area contributed by atoms with E-state index in [2.05, 4.69) is 27.7 Å². The minimum atomic E-state index is 0.590. The Morgan fingerprint density at radius 2 is 2.25 bits per heavy atom. The van der Waals surface area contributed by atoms with Gasteiger partial charge >= 0.3 is 0 Å². The third kappa shape index (κ3) is 3.51. The smallest absolute Gasteiger partial charge is 0.194 e. The van der Waals surface area contributed by atoms with Gasteiger partial charge in [0.05, 0.1) is 12.8 Å². The van der Waals surface area contributed by atoms with Gasteiger partial charge < -0.3 is 14.6 Å². The highest BCUT2D eigenvalue weighted by molar-refractivity contribution is 7.09. The van der Waals surface area contributed by atoms with Crippen LogP contribution in [0.5, 0.6) is 0 Å². The van der Waals surface area contributed by atoms with Gasteiger partial charge in [0, 0.05) is 30.9 Å². The number of nitrogens with one attached hydrogen (secondary N) is 1. The first-order valence-corrected chi connectivity index (χ1v) is 9.79. The van der Waals surface area contributed by atoms with Crippen molar-refractivity contribution in [2.24, 2.45) is 10.4 Å². The van der Waals surface area contributed by atoms with Crippen molar-refractivity contribution in [1.29, 1.82) is 0 Å². The first-order valence-electron chi connectivity index (χ1n) is 8.91. The van der Waals surface area contributed by atoms with Crippen molar-refractivity contribution in [2.75, 3.05) is 19.6 Å². The fraction of sp³-hybridized carbons (Fsp3) is 0.526. The average molecular weight is 343 g/mol. The average Bonchev–Trinajstić information content (AvgIpc) is 3.31. The Hall–Kier alpha value is -1.75. The van der Waals surface area contributed by atoms with E-state index in [4.69, 9.17) is 9.41 Å². The molecule has 1 spiro atoms. The fourth-order valence-corrected chi connectivity index (χ4v) is 4.40. The van der Waals surface area contributed by atoms with Crippen LogP contribution in [0.25, 0.3) is 0 Å². The first-order chi connectivity index (χ1) is 11.8. The summed E-state index contributed by atoms with van der Waals surface area (Å²) in [7, 11) is 0. The Kier molecular flexibility index (Phi) is 4.60. The van der Waals surface area contributed by atoms with Crippen LogP contribution in [0, 0.1) is 5.41 Å². The number of rotatable bonds is 5. The third-order valence-electron chi connectivity index (χ3n) is 5.35. The van der Waals surface area contributed by atoms with E-state index in [-0.39, 0.29) is 0 Å². The summed E-state index contributed by atoms with van der Waals surface area (Å²) in [5.74, 6) is 2.09. The monoisotopic (exact) mass is 343 g/mol. The molecule has 0 unspecified atom stereocenters. The van der Waals surface area contributed by atoms with Crippen LogP contribution in [0.15, 0.2) is 45.3 Å². The van der Waals surface area contributed by atoms with E-state index < -0.39 is 0 Å². The largest absolute Gasteiger partial charge is 0.469 e. The van der Waals surface area contributed by atoms with Gasteiger partial charge in [0.1, 0.15) is 5.76 Å². The van der Waals surface area contributed by atoms with Crippen LogP contribution in [-0.4, -0.2) is 30.5 Å². The molecule has 5 heteroatoms. The second-order valence-electron chi connectivity index (χ2n) is 7.00. The molecule has 24 heavy (non-hydrogen) atoms. The Morgan fingerprint density at radius 3 is 2.92 bits per heavy atom. The SMILES string of the molecule is c1coc(CCNC(=NCc2cccs2)N2CCC3(CCC3)C2)c1. The molecule has 1 saturated carbocycles. The lowest BCUT2D eigenvalue weighted by atomic mass is 9.68. The molecule has 2 aromatic rings. The van der Waals surface area contributed by atoms with E-state index in [1.54, 1.807) is 17.6 Å². The summed E-state index contributed by atoms with van der Waals surface area (Å²) in [6.45, 7) is 3.94. The zero-order valence-corrected chi connectivity index (χ0v) is 14.9. The normalized spacial score (nSPS) is 19.7. The van der Waals surface area contributed by atoms with Crippen LogP contribution in [0.3, 0.4) is 0 Å². The highest BCUT2D eigenvalue weighted by atomic mass is 32.1. The molecule has 1 saturated heterocycles. The minimum Gasteiger partial charge on any atom is -0.469 e. The Bertz CT molecular complexity index is 659. The zero-order valence-electron chi connectivity index (χ0n) is 14.0. The molecule has 1 aliphatic heterocycles. The molecular formula is C19H25N3OS. The van der Waals surface area contributed by atoms with Crippen molar-refractivity contribution in [1.82, 2.24) is 10.2 Å². The van der Waals surface area contributed by atoms with Crippen molar-refractivity contribution in [2.45, 2.75) is 38.6 Å². The highest BCUT2D eigenvalue weighted by Gasteiger charge is 2.43. The van der Waals surface area contributed by atoms with Crippen LogP contribution in [0.1, 0.15) is 36.3 Å². The molecule has 1 N–H and O–H groups in total. The number of guanidine groups is 1. The predicted molar refractivity (Wildman–Crippen MR) is 98.3 cm³/mol. The topological polar surface area (TPSA) is 40.8 Å². The zero-order chi connectivity index (χ0) is 16.2. The van der Waals surface area contributed by atoms with E-state index in [0.717, 1.165) is 37.8 Å². The maximum absolute atomic E-state index is 5.43. The molecule has 3 heterocycles. The minimum absolute atomic E-state index is 0.590. The van der Waals surface area contributed by atoms with E-state index in [1.165, 1.54) is 37.1 Å². The van der Waals surface area contributed by atoms with Gasteiger partial charge in [-0.1, -0.05) is 12.5 Å². The second kappa shape index (κ2) is 7.01. The lowest BCUT2D eigenvalue weighted by Crippen LogP contribution is -2.43. The summed E-state index contributed by atoms with van der Waals surface area (Å²) in [5, 5.41) is 5.69. The maximum Gasteiger partial charge on any atom is 0.194 e. The number of hydrogen-bond acceptors (Lipinski definition) is 3. The quantitative estimate of drug-likeness (QED) is 0.661. The van der Waals surface area contributed by atoms with Gasteiger partial charge in [-0.15, -0.1) is 11.3 Å². The number of hydrogen-bond donors (Lipinski definition) is 1. The van der Waals surface area contributed by atoms with Crippen LogP contribution in [-0.2, 0) is 13.0 Å². The summed E-state index contributed by atoms with van der Waals surface area (Å²) in [5.41, 5.74) is 0.590. The molecule has 2 fully saturated rings. The van der Waals surface area contributed by atoms with Gasteiger partial charge in [0.25, 0.3) is 0 Å². The van der Waals surface area contributed by atoms with Crippen LogP contribution in [0.4, 0.5) is 0 Å². The van der Waals surface area contributed by atoms with Crippen LogP contribution >= 0.6 is 11.3 Å². The van der Waals surface area contributed by atoms with Gasteiger partial charge in [-0.3, -0.25) is 0 Å². The molecule has 4 nitrogen and oxygen atoms in total. The number of thiophene rings is 1. The fourth-order valence-electron chi connectivity index (χ4n) is 3.78. The van der Waals surface area contributed by atoms with Crippen molar-refractivity contribution >= 4 is 17.3 Å². The molecular weight excluding hydrogens is 318 g/mol. The Morgan fingerprint density at radius 1 is 1.29 bits per heavy atom. The molecule has 0 radical (unpaired) electrons. The maximum atomic E-state index is 5.43. The molecule has 4 rings (SSSR count). The van der Waals surface area contributed by atoms with Crippen molar-refractivity contribution in [3.63, 3.8) is 0 Å². The van der Waals surface area contributed by atoms with E-state index in [1.807, 2.05) is 12.1 Å². The van der Waals surface area contributed by atoms with Crippen molar-refractivity contribution in [3.8, 4) is 0 Å². The summed E-state index contributed by atoms with van der Waals surface area (Å²) in [6.07, 6.45) is 8.15. The van der Waals surface area contributed by atoms with Crippen LogP contribution in [0.2, 0.25) is 0 Å². The standard InChI is InChI=1S/C19H25N3OS/c1-4-16(23-12-1)6-10-20-18(21-14-17-5-2-13-24-17)22-11-9-19(15-22)7-3-8-19/h1-2,4-5,12-13H,3,6-11,14-15H2,(H,20,21). The number of aliphatic imine (C=N–C) groups is 1. The van der Waals surface area contributed by atoms with E-state index >= 15 is 0 Å². The van der Waals surface area contributed by atoms with Crippen molar-refractivity contribution < 1.29 is 4.42 Å². The van der Waals surface area contributed by atoms with Crippen molar-refractivity contribution in [3.05, 3.63) is 46.5 Å². The lowest BCUT2D eigenvalue weighted by Gasteiger charge is -2.38. The van der Waals surface area contributed by atoms with E-state index in [9.17, 15) is 0 Å². The predicted octanol–water partition coefficient (Wildman–Crippen LogP) is 3.91. The number of likely N-dealkylation sites (tertiary alicyclic amines) is 1. The Labute approximate surface area is 147 Å². The molecule has 1 aliphatic carbocycles. The number of furan rings is 1. The summed E-state index contributed by atoms with van der Waals surface area (Å²) < 4.78 is 5.43. The highest BCUT2D eigenvalue weighted by Crippen LogP contribution is 2.47. The second-order valence-corrected chi connectivity index (χ2v) is 8.03. The molecule has 0 bridgehead atoms. The Balaban J connectivity index is 1.39. The van der Waals surface area contributed by atoms with Gasteiger partial charge in [-0.25, -0.2) is 4.99 Å². The lowest BCUT2D eigenvalue weighted by molar-refractivity contribution is 0.151. The van der Waals surface area contributed by atoms with Gasteiger partial charge in [0.2, 0.25) is 0 Å². The molecule has 2 aliphatic rings. The van der Waals surface area contributed by atoms with Gasteiger partial charge in [0.15, 0.2) is 5.96 Å². The summed E-state index contributed by atoms with van der Waals surface area (Å²) >= 11 is 1.78. The first kappa shape index (κ1) is 15.8.